The lowest BCUT2D eigenvalue weighted by Gasteiger charge is -2.32. The fourth-order valence-electron chi connectivity index (χ4n) is 7.73. The zero-order valence-corrected chi connectivity index (χ0v) is 28.3. The lowest BCUT2D eigenvalue weighted by molar-refractivity contribution is 0.00578. The van der Waals surface area contributed by atoms with Crippen molar-refractivity contribution in [1.82, 2.24) is 0 Å². The van der Waals surface area contributed by atoms with Crippen LogP contribution in [0.2, 0.25) is 0 Å². The topological polar surface area (TPSA) is 18.5 Å². The van der Waals surface area contributed by atoms with Crippen molar-refractivity contribution in [3.8, 4) is 33.4 Å². The van der Waals surface area contributed by atoms with Crippen LogP contribution in [0, 0.1) is 0 Å². The maximum absolute atomic E-state index is 6.51. The smallest absolute Gasteiger partial charge is 0.399 e. The molecule has 0 aromatic heterocycles. The van der Waals surface area contributed by atoms with Crippen LogP contribution in [0.3, 0.4) is 0 Å². The average Bonchev–Trinajstić information content (AvgIpc) is 3.35. The first-order chi connectivity index (χ1) is 23.8. The minimum Gasteiger partial charge on any atom is -0.399 e. The van der Waals surface area contributed by atoms with Crippen LogP contribution in [0.1, 0.15) is 27.7 Å². The Morgan fingerprint density at radius 2 is 0.653 bits per heavy atom. The van der Waals surface area contributed by atoms with Crippen molar-refractivity contribution in [2.45, 2.75) is 38.9 Å². The molecule has 1 aliphatic heterocycles. The van der Waals surface area contributed by atoms with Crippen LogP contribution < -0.4 is 5.46 Å². The molecule has 0 spiro atoms. The van der Waals surface area contributed by atoms with E-state index in [2.05, 4.69) is 179 Å². The lowest BCUT2D eigenvalue weighted by Crippen LogP contribution is -2.41. The van der Waals surface area contributed by atoms with Crippen LogP contribution in [0.25, 0.3) is 76.5 Å². The molecule has 0 amide bonds. The zero-order valence-electron chi connectivity index (χ0n) is 28.3. The van der Waals surface area contributed by atoms with E-state index in [1.165, 1.54) is 71.1 Å². The lowest BCUT2D eigenvalue weighted by atomic mass is 9.74. The normalized spacial score (nSPS) is 15.5. The van der Waals surface area contributed by atoms with Gasteiger partial charge in [-0.15, -0.1) is 0 Å². The molecule has 0 saturated carbocycles. The minimum atomic E-state index is -0.423. The van der Waals surface area contributed by atoms with Gasteiger partial charge in [0.25, 0.3) is 0 Å². The first-order valence-electron chi connectivity index (χ1n) is 17.2. The molecule has 1 fully saturated rings. The second-order valence-electron chi connectivity index (χ2n) is 14.3. The Labute approximate surface area is 288 Å². The van der Waals surface area contributed by atoms with Crippen molar-refractivity contribution in [3.05, 3.63) is 152 Å². The number of fused-ring (bicyclic) bond motifs is 4. The van der Waals surface area contributed by atoms with E-state index in [9.17, 15) is 0 Å². The van der Waals surface area contributed by atoms with Crippen LogP contribution in [0.4, 0.5) is 0 Å². The highest BCUT2D eigenvalue weighted by atomic mass is 16.7. The largest absolute Gasteiger partial charge is 0.495 e. The molecule has 9 rings (SSSR count). The van der Waals surface area contributed by atoms with Gasteiger partial charge in [-0.2, -0.15) is 0 Å². The third kappa shape index (κ3) is 4.72. The van der Waals surface area contributed by atoms with Crippen LogP contribution in [0.15, 0.2) is 152 Å². The van der Waals surface area contributed by atoms with Crippen molar-refractivity contribution in [3.63, 3.8) is 0 Å². The molecule has 8 aromatic carbocycles. The van der Waals surface area contributed by atoms with Gasteiger partial charge < -0.3 is 9.31 Å². The van der Waals surface area contributed by atoms with Gasteiger partial charge in [0.2, 0.25) is 0 Å². The average molecular weight is 633 g/mol. The van der Waals surface area contributed by atoms with Gasteiger partial charge in [-0.25, -0.2) is 0 Å². The molecule has 0 N–H and O–H groups in total. The maximum atomic E-state index is 6.51. The Morgan fingerprint density at radius 1 is 0.327 bits per heavy atom. The highest BCUT2D eigenvalue weighted by Crippen LogP contribution is 2.43. The van der Waals surface area contributed by atoms with Crippen molar-refractivity contribution in [1.29, 1.82) is 0 Å². The summed E-state index contributed by atoms with van der Waals surface area (Å²) in [6, 6.07) is 55.3. The van der Waals surface area contributed by atoms with Crippen molar-refractivity contribution in [2.24, 2.45) is 0 Å². The SMILES string of the molecule is CC1(C)OB(c2ccc(-c3ccc(-c4ccc(-c5cccc6ccccc56)c5ccccc45)c4ccccc34)c3ccccc23)OC1(C)C. The van der Waals surface area contributed by atoms with Crippen molar-refractivity contribution < 1.29 is 9.31 Å². The van der Waals surface area contributed by atoms with Gasteiger partial charge in [0.05, 0.1) is 11.2 Å². The Bertz CT molecular complexity index is 2560. The molecule has 3 heteroatoms. The first kappa shape index (κ1) is 29.9. The van der Waals surface area contributed by atoms with Crippen LogP contribution >= 0.6 is 0 Å². The van der Waals surface area contributed by atoms with Gasteiger partial charge in [0.1, 0.15) is 0 Å². The third-order valence-corrected chi connectivity index (χ3v) is 11.0. The van der Waals surface area contributed by atoms with E-state index in [0.717, 1.165) is 10.8 Å². The third-order valence-electron chi connectivity index (χ3n) is 11.0. The van der Waals surface area contributed by atoms with E-state index in [1.807, 2.05) is 0 Å². The predicted octanol–water partition coefficient (Wildman–Crippen LogP) is 11.6. The summed E-state index contributed by atoms with van der Waals surface area (Å²) < 4.78 is 13.0. The van der Waals surface area contributed by atoms with E-state index in [4.69, 9.17) is 9.31 Å². The molecule has 1 aliphatic rings. The fraction of sp³-hybridized carbons (Fsp3) is 0.130. The highest BCUT2D eigenvalue weighted by molar-refractivity contribution is 6.65. The second kappa shape index (κ2) is 11.2. The molecule has 8 aromatic rings. The molecule has 0 aliphatic carbocycles. The summed E-state index contributed by atoms with van der Waals surface area (Å²) in [6.45, 7) is 8.44. The van der Waals surface area contributed by atoms with E-state index < -0.39 is 18.3 Å². The molecule has 49 heavy (non-hydrogen) atoms. The fourth-order valence-corrected chi connectivity index (χ4v) is 7.73. The van der Waals surface area contributed by atoms with Crippen molar-refractivity contribution >= 4 is 55.7 Å². The summed E-state index contributed by atoms with van der Waals surface area (Å²) in [5.41, 5.74) is 7.67. The molecule has 1 heterocycles. The van der Waals surface area contributed by atoms with Crippen LogP contribution in [-0.4, -0.2) is 18.3 Å². The molecule has 2 nitrogen and oxygen atoms in total. The first-order valence-corrected chi connectivity index (χ1v) is 17.2. The van der Waals surface area contributed by atoms with E-state index in [0.29, 0.717) is 0 Å². The zero-order chi connectivity index (χ0) is 33.3. The quantitative estimate of drug-likeness (QED) is 0.180. The summed E-state index contributed by atoms with van der Waals surface area (Å²) in [5.74, 6) is 0. The summed E-state index contributed by atoms with van der Waals surface area (Å²) in [4.78, 5) is 0. The Balaban J connectivity index is 1.21. The summed E-state index contributed by atoms with van der Waals surface area (Å²) >= 11 is 0. The molecular formula is C46H37BO2. The van der Waals surface area contributed by atoms with Crippen molar-refractivity contribution in [2.75, 3.05) is 0 Å². The number of rotatable bonds is 4. The molecule has 0 atom stereocenters. The monoisotopic (exact) mass is 632 g/mol. The van der Waals surface area contributed by atoms with Gasteiger partial charge in [-0.1, -0.05) is 152 Å². The van der Waals surface area contributed by atoms with Gasteiger partial charge in [0.15, 0.2) is 0 Å². The summed E-state index contributed by atoms with van der Waals surface area (Å²) in [7, 11) is -0.423. The summed E-state index contributed by atoms with van der Waals surface area (Å²) in [6.07, 6.45) is 0. The van der Waals surface area contributed by atoms with Crippen LogP contribution in [-0.2, 0) is 9.31 Å². The maximum Gasteiger partial charge on any atom is 0.495 e. The molecule has 0 unspecified atom stereocenters. The molecule has 0 radical (unpaired) electrons. The van der Waals surface area contributed by atoms with Gasteiger partial charge in [-0.3, -0.25) is 0 Å². The number of hydrogen-bond donors (Lipinski definition) is 0. The van der Waals surface area contributed by atoms with Gasteiger partial charge >= 0.3 is 7.12 Å². The molecular weight excluding hydrogens is 595 g/mol. The van der Waals surface area contributed by atoms with E-state index in [1.54, 1.807) is 0 Å². The Morgan fingerprint density at radius 3 is 1.12 bits per heavy atom. The van der Waals surface area contributed by atoms with Gasteiger partial charge in [-0.05, 0) is 110 Å². The highest BCUT2D eigenvalue weighted by Gasteiger charge is 2.52. The number of hydrogen-bond acceptors (Lipinski definition) is 2. The minimum absolute atomic E-state index is 0.402. The molecule has 1 saturated heterocycles. The molecule has 0 bridgehead atoms. The van der Waals surface area contributed by atoms with E-state index >= 15 is 0 Å². The predicted molar refractivity (Wildman–Crippen MR) is 208 cm³/mol. The van der Waals surface area contributed by atoms with Gasteiger partial charge in [0, 0.05) is 0 Å². The van der Waals surface area contributed by atoms with E-state index in [-0.39, 0.29) is 0 Å². The molecule has 236 valence electrons. The van der Waals surface area contributed by atoms with Crippen LogP contribution in [0.5, 0.6) is 0 Å². The number of benzene rings is 8. The second-order valence-corrected chi connectivity index (χ2v) is 14.3. The Hall–Kier alpha value is -5.22. The Kier molecular flexibility index (Phi) is 6.81. The summed E-state index contributed by atoms with van der Waals surface area (Å²) in [5, 5.41) is 9.86. The standard InChI is InChI=1S/C46H37BO2/c1-45(2)46(3,4)49-47(48-45)44-29-28-42(37-21-11-12-22-43(37)44)41-27-26-40(35-19-9-10-20-36(35)41)39-25-24-38(33-17-7-8-18-34(33)39)32-23-13-15-30-14-5-6-16-31(30)32/h5-29H,1-4H3.